The first kappa shape index (κ1) is 27.1. The van der Waals surface area contributed by atoms with Crippen LogP contribution in [0, 0.1) is 0 Å². The first-order valence-electron chi connectivity index (χ1n) is 14.1. The lowest BCUT2D eigenvalue weighted by molar-refractivity contribution is -0.136. The summed E-state index contributed by atoms with van der Waals surface area (Å²) in [4.78, 5) is 69.3. The molecule has 41 heavy (non-hydrogen) atoms. The number of carbonyl (C=O) groups excluding carboxylic acids is 5. The van der Waals surface area contributed by atoms with E-state index in [4.69, 9.17) is 4.74 Å². The van der Waals surface area contributed by atoms with Gasteiger partial charge in [0.15, 0.2) is 5.78 Å². The third-order valence-electron chi connectivity index (χ3n) is 8.50. The molecule has 2 aromatic carbocycles. The number of benzene rings is 2. The monoisotopic (exact) mass is 559 g/mol. The molecule has 4 aliphatic rings. The molecule has 6 rings (SSSR count). The van der Waals surface area contributed by atoms with Crippen LogP contribution < -0.4 is 15.0 Å². The molecule has 1 atom stereocenters. The second-order valence-corrected chi connectivity index (χ2v) is 11.0. The normalized spacial score (nSPS) is 22.0. The van der Waals surface area contributed by atoms with Crippen molar-refractivity contribution in [2.24, 2.45) is 0 Å². The summed E-state index contributed by atoms with van der Waals surface area (Å²) in [6.45, 7) is 8.67. The van der Waals surface area contributed by atoms with E-state index < -0.39 is 29.7 Å². The number of fused-ring (bicyclic) bond motifs is 1. The van der Waals surface area contributed by atoms with Crippen LogP contribution in [0.25, 0.3) is 0 Å². The molecule has 4 heterocycles. The van der Waals surface area contributed by atoms with E-state index in [-0.39, 0.29) is 29.8 Å². The first-order chi connectivity index (χ1) is 19.8. The Labute approximate surface area is 238 Å². The molecule has 0 saturated carbocycles. The number of likely N-dealkylation sites (tertiary alicyclic amines) is 1. The Morgan fingerprint density at radius 2 is 1.63 bits per heavy atom. The number of piperidine rings is 1. The highest BCUT2D eigenvalue weighted by Crippen LogP contribution is 2.30. The number of hydrogen-bond acceptors (Lipinski definition) is 9. The van der Waals surface area contributed by atoms with Crippen LogP contribution in [-0.2, 0) is 9.59 Å². The Balaban J connectivity index is 0.943. The molecule has 0 spiro atoms. The van der Waals surface area contributed by atoms with E-state index in [1.165, 1.54) is 0 Å². The lowest BCUT2D eigenvalue weighted by atomic mass is 10.0. The van der Waals surface area contributed by atoms with Crippen LogP contribution in [0.4, 0.5) is 5.69 Å². The van der Waals surface area contributed by atoms with Crippen LogP contribution >= 0.6 is 0 Å². The molecule has 3 saturated heterocycles. The van der Waals surface area contributed by atoms with Crippen LogP contribution in [0.5, 0.6) is 5.75 Å². The minimum atomic E-state index is -0.980. The summed E-state index contributed by atoms with van der Waals surface area (Å²) in [6, 6.07) is 12.2. The number of rotatable bonds is 8. The van der Waals surface area contributed by atoms with Crippen molar-refractivity contribution in [3.63, 3.8) is 0 Å². The molecule has 3 fully saturated rings. The molecule has 214 valence electrons. The standard InChI is InChI=1S/C30H33N5O6/c1-19(36)20-2-4-21(5-3-20)33-10-12-34(13-11-33)22-17-32(18-22)14-15-41-23-6-7-24-25(16-23)30(40)35(29(24)39)26-8-9-27(37)31-28(26)38/h2-7,16,22,26H,8-15,17-18H2,1H3,(H,31,37,38). The van der Waals surface area contributed by atoms with Gasteiger partial charge in [0.2, 0.25) is 11.8 Å². The van der Waals surface area contributed by atoms with Gasteiger partial charge in [-0.3, -0.25) is 44.0 Å². The van der Waals surface area contributed by atoms with Crippen molar-refractivity contribution in [2.45, 2.75) is 31.8 Å². The average Bonchev–Trinajstić information content (AvgIpc) is 3.19. The minimum Gasteiger partial charge on any atom is -0.492 e. The highest BCUT2D eigenvalue weighted by atomic mass is 16.5. The van der Waals surface area contributed by atoms with E-state index in [0.717, 1.165) is 62.0 Å². The fraction of sp³-hybridized carbons (Fsp3) is 0.433. The Hall–Kier alpha value is -4.09. The van der Waals surface area contributed by atoms with Gasteiger partial charge in [-0.2, -0.15) is 0 Å². The maximum absolute atomic E-state index is 13.0. The number of nitrogens with one attached hydrogen (secondary N) is 1. The van der Waals surface area contributed by atoms with Gasteiger partial charge in [0.05, 0.1) is 11.1 Å². The largest absolute Gasteiger partial charge is 0.492 e. The summed E-state index contributed by atoms with van der Waals surface area (Å²) >= 11 is 0. The number of piperazine rings is 1. The second-order valence-electron chi connectivity index (χ2n) is 11.0. The Morgan fingerprint density at radius 3 is 2.32 bits per heavy atom. The predicted octanol–water partition coefficient (Wildman–Crippen LogP) is 1.18. The summed E-state index contributed by atoms with van der Waals surface area (Å²) in [5.74, 6) is -1.50. The molecule has 4 aliphatic heterocycles. The summed E-state index contributed by atoms with van der Waals surface area (Å²) in [7, 11) is 0. The second kappa shape index (κ2) is 11.1. The summed E-state index contributed by atoms with van der Waals surface area (Å²) in [5, 5.41) is 2.20. The molecule has 1 N–H and O–H groups in total. The number of amides is 4. The average molecular weight is 560 g/mol. The zero-order valence-corrected chi connectivity index (χ0v) is 23.0. The maximum atomic E-state index is 13.0. The Morgan fingerprint density at radius 1 is 0.927 bits per heavy atom. The molecule has 4 amide bonds. The topological polar surface area (TPSA) is 120 Å². The van der Waals surface area contributed by atoms with E-state index in [1.54, 1.807) is 25.1 Å². The van der Waals surface area contributed by atoms with Gasteiger partial charge in [-0.1, -0.05) is 0 Å². The van der Waals surface area contributed by atoms with Gasteiger partial charge in [0.25, 0.3) is 11.8 Å². The molecule has 0 bridgehead atoms. The quantitative estimate of drug-likeness (QED) is 0.376. The summed E-state index contributed by atoms with van der Waals surface area (Å²) < 4.78 is 5.92. The van der Waals surface area contributed by atoms with Gasteiger partial charge in [-0.15, -0.1) is 0 Å². The zero-order chi connectivity index (χ0) is 28.7. The Bertz CT molecular complexity index is 1390. The molecule has 2 aromatic rings. The molecular formula is C30H33N5O6. The van der Waals surface area contributed by atoms with Crippen molar-refractivity contribution >= 4 is 35.1 Å². The van der Waals surface area contributed by atoms with Crippen molar-refractivity contribution in [3.05, 3.63) is 59.2 Å². The van der Waals surface area contributed by atoms with Crippen molar-refractivity contribution in [1.82, 2.24) is 20.0 Å². The molecule has 0 aromatic heterocycles. The van der Waals surface area contributed by atoms with Crippen LogP contribution in [0.15, 0.2) is 42.5 Å². The van der Waals surface area contributed by atoms with Gasteiger partial charge in [-0.05, 0) is 55.8 Å². The maximum Gasteiger partial charge on any atom is 0.262 e. The third-order valence-corrected chi connectivity index (χ3v) is 8.50. The predicted molar refractivity (Wildman–Crippen MR) is 149 cm³/mol. The van der Waals surface area contributed by atoms with Gasteiger partial charge < -0.3 is 9.64 Å². The van der Waals surface area contributed by atoms with E-state index in [9.17, 15) is 24.0 Å². The van der Waals surface area contributed by atoms with Gasteiger partial charge >= 0.3 is 0 Å². The lowest BCUT2D eigenvalue weighted by Gasteiger charge is -2.48. The fourth-order valence-corrected chi connectivity index (χ4v) is 6.04. The Kier molecular flexibility index (Phi) is 7.31. The SMILES string of the molecule is CC(=O)c1ccc(N2CCN(C3CN(CCOc4ccc5c(c4)C(=O)N(C4CCC(=O)NC4=O)C5=O)C3)CC2)cc1. The molecule has 11 heteroatoms. The number of Topliss-reactive ketones (excluding diaryl/α,β-unsaturated/α-hetero) is 1. The molecule has 0 aliphatic carbocycles. The van der Waals surface area contributed by atoms with Gasteiger partial charge in [0.1, 0.15) is 18.4 Å². The highest BCUT2D eigenvalue weighted by molar-refractivity contribution is 6.23. The van der Waals surface area contributed by atoms with Crippen molar-refractivity contribution in [1.29, 1.82) is 0 Å². The number of hydrogen-bond donors (Lipinski definition) is 1. The summed E-state index contributed by atoms with van der Waals surface area (Å²) in [5.41, 5.74) is 2.35. The zero-order valence-electron chi connectivity index (χ0n) is 23.0. The summed E-state index contributed by atoms with van der Waals surface area (Å²) in [6.07, 6.45) is 0.214. The van der Waals surface area contributed by atoms with Gasteiger partial charge in [-0.25, -0.2) is 0 Å². The van der Waals surface area contributed by atoms with Crippen LogP contribution in [0.3, 0.4) is 0 Å². The van der Waals surface area contributed by atoms with Crippen LogP contribution in [-0.4, -0.2) is 109 Å². The number of nitrogens with zero attached hydrogens (tertiary/aromatic N) is 4. The third kappa shape index (κ3) is 5.34. The van der Waals surface area contributed by atoms with Gasteiger partial charge in [0, 0.05) is 69.5 Å². The number of imide groups is 2. The highest BCUT2D eigenvalue weighted by Gasteiger charge is 2.44. The van der Waals surface area contributed by atoms with Crippen molar-refractivity contribution in [2.75, 3.05) is 57.3 Å². The molecular weight excluding hydrogens is 526 g/mol. The lowest BCUT2D eigenvalue weighted by Crippen LogP contribution is -2.63. The molecule has 1 unspecified atom stereocenters. The fourth-order valence-electron chi connectivity index (χ4n) is 6.04. The van der Waals surface area contributed by atoms with E-state index in [1.807, 2.05) is 24.3 Å². The minimum absolute atomic E-state index is 0.0820. The van der Waals surface area contributed by atoms with E-state index in [0.29, 0.717) is 18.4 Å². The molecule has 0 radical (unpaired) electrons. The van der Waals surface area contributed by atoms with Crippen molar-refractivity contribution < 1.29 is 28.7 Å². The number of carbonyl (C=O) groups is 5. The molecule has 11 nitrogen and oxygen atoms in total. The van der Waals surface area contributed by atoms with E-state index >= 15 is 0 Å². The van der Waals surface area contributed by atoms with Crippen LogP contribution in [0.1, 0.15) is 50.8 Å². The van der Waals surface area contributed by atoms with Crippen molar-refractivity contribution in [3.8, 4) is 5.75 Å². The number of ether oxygens (including phenoxy) is 1. The van der Waals surface area contributed by atoms with Crippen LogP contribution in [0.2, 0.25) is 0 Å². The number of ketones is 1. The number of anilines is 1. The smallest absolute Gasteiger partial charge is 0.262 e. The first-order valence-corrected chi connectivity index (χ1v) is 14.1. The van der Waals surface area contributed by atoms with E-state index in [2.05, 4.69) is 20.0 Å².